The molecule has 1 N–H and O–H groups in total. The first-order valence-electron chi connectivity index (χ1n) is 6.93. The largest absolute Gasteiger partial charge is 0.416 e. The van der Waals surface area contributed by atoms with Gasteiger partial charge in [-0.15, -0.1) is 0 Å². The van der Waals surface area contributed by atoms with Crippen molar-refractivity contribution < 1.29 is 31.2 Å². The molecule has 1 heterocycles. The molecule has 1 fully saturated rings. The van der Waals surface area contributed by atoms with E-state index in [4.69, 9.17) is 0 Å². The number of carbonyl (C=O) groups excluding carboxylic acids is 2. The SMILES string of the molecule is CS(=O)(=O)CC[C@H]1NC(=O)N(Cc2ccc(C(F)(F)F)cc2)C1=O. The molecule has 0 saturated carbocycles. The van der Waals surface area contributed by atoms with Crippen LogP contribution in [0.2, 0.25) is 0 Å². The molecule has 0 aliphatic carbocycles. The zero-order valence-electron chi connectivity index (χ0n) is 12.6. The minimum absolute atomic E-state index is 0.0487. The van der Waals surface area contributed by atoms with Crippen LogP contribution in [0.1, 0.15) is 17.5 Å². The van der Waals surface area contributed by atoms with Crippen molar-refractivity contribution in [1.29, 1.82) is 0 Å². The molecule has 0 aromatic heterocycles. The fourth-order valence-electron chi connectivity index (χ4n) is 2.24. The van der Waals surface area contributed by atoms with Crippen molar-refractivity contribution in [2.24, 2.45) is 0 Å². The predicted molar refractivity (Wildman–Crippen MR) is 78.6 cm³/mol. The average Bonchev–Trinajstić information content (AvgIpc) is 2.72. The summed E-state index contributed by atoms with van der Waals surface area (Å²) in [5.74, 6) is -0.846. The number of nitrogens with zero attached hydrogens (tertiary/aromatic N) is 1. The van der Waals surface area contributed by atoms with Crippen LogP contribution in [0.3, 0.4) is 0 Å². The highest BCUT2D eigenvalue weighted by Crippen LogP contribution is 2.29. The van der Waals surface area contributed by atoms with Crippen molar-refractivity contribution in [3.63, 3.8) is 0 Å². The average molecular weight is 364 g/mol. The van der Waals surface area contributed by atoms with E-state index in [9.17, 15) is 31.2 Å². The number of benzene rings is 1. The summed E-state index contributed by atoms with van der Waals surface area (Å²) in [7, 11) is -3.28. The highest BCUT2D eigenvalue weighted by Gasteiger charge is 2.38. The summed E-state index contributed by atoms with van der Waals surface area (Å²) < 4.78 is 59.8. The number of rotatable bonds is 5. The van der Waals surface area contributed by atoms with Gasteiger partial charge < -0.3 is 5.32 Å². The van der Waals surface area contributed by atoms with Crippen LogP contribution in [0.5, 0.6) is 0 Å². The van der Waals surface area contributed by atoms with E-state index in [1.54, 1.807) is 0 Å². The first kappa shape index (κ1) is 18.2. The normalized spacial score (nSPS) is 18.8. The van der Waals surface area contributed by atoms with Crippen LogP contribution in [-0.2, 0) is 27.4 Å². The lowest BCUT2D eigenvalue weighted by atomic mass is 10.1. The number of halogens is 3. The second kappa shape index (κ2) is 6.42. The predicted octanol–water partition coefficient (Wildman–Crippen LogP) is 1.56. The van der Waals surface area contributed by atoms with Gasteiger partial charge in [0.1, 0.15) is 15.9 Å². The van der Waals surface area contributed by atoms with Crippen molar-refractivity contribution >= 4 is 21.8 Å². The smallest absolute Gasteiger partial charge is 0.326 e. The summed E-state index contributed by atoms with van der Waals surface area (Å²) in [5.41, 5.74) is -0.468. The molecule has 1 saturated heterocycles. The Morgan fingerprint density at radius 1 is 1.17 bits per heavy atom. The van der Waals surface area contributed by atoms with Gasteiger partial charge in [0.2, 0.25) is 0 Å². The molecular weight excluding hydrogens is 349 g/mol. The standard InChI is InChI=1S/C14H15F3N2O4S/c1-24(22,23)7-6-11-12(20)19(13(21)18-11)8-9-2-4-10(5-3-9)14(15,16)17/h2-5,11H,6-8H2,1H3,(H,18,21)/t11-/m1/s1. The Morgan fingerprint density at radius 3 is 2.25 bits per heavy atom. The lowest BCUT2D eigenvalue weighted by Crippen LogP contribution is -2.32. The monoisotopic (exact) mass is 364 g/mol. The molecule has 0 spiro atoms. The number of amides is 3. The molecule has 1 atom stereocenters. The highest BCUT2D eigenvalue weighted by molar-refractivity contribution is 7.90. The number of carbonyl (C=O) groups is 2. The summed E-state index contributed by atoms with van der Waals surface area (Å²) in [6, 6.07) is 2.48. The number of hydrogen-bond donors (Lipinski definition) is 1. The Hall–Kier alpha value is -2.10. The lowest BCUT2D eigenvalue weighted by molar-refractivity contribution is -0.137. The highest BCUT2D eigenvalue weighted by atomic mass is 32.2. The van der Waals surface area contributed by atoms with Crippen LogP contribution in [0.15, 0.2) is 24.3 Å². The van der Waals surface area contributed by atoms with E-state index in [0.29, 0.717) is 5.56 Å². The Morgan fingerprint density at radius 2 is 1.75 bits per heavy atom. The van der Waals surface area contributed by atoms with Gasteiger partial charge in [0.05, 0.1) is 17.9 Å². The number of hydrogen-bond acceptors (Lipinski definition) is 4. The molecule has 132 valence electrons. The molecule has 24 heavy (non-hydrogen) atoms. The van der Waals surface area contributed by atoms with Crippen molar-refractivity contribution in [2.75, 3.05) is 12.0 Å². The number of sulfone groups is 1. The van der Waals surface area contributed by atoms with E-state index in [1.165, 1.54) is 12.1 Å². The summed E-state index contributed by atoms with van der Waals surface area (Å²) in [5, 5.41) is 2.38. The Labute approximate surface area is 136 Å². The van der Waals surface area contributed by atoms with Gasteiger partial charge in [-0.1, -0.05) is 12.1 Å². The lowest BCUT2D eigenvalue weighted by Gasteiger charge is -2.14. The number of alkyl halides is 3. The molecule has 1 aliphatic rings. The quantitative estimate of drug-likeness (QED) is 0.804. The van der Waals surface area contributed by atoms with Crippen molar-refractivity contribution in [3.8, 4) is 0 Å². The third-order valence-electron chi connectivity index (χ3n) is 3.51. The van der Waals surface area contributed by atoms with E-state index >= 15 is 0 Å². The zero-order valence-corrected chi connectivity index (χ0v) is 13.4. The van der Waals surface area contributed by atoms with Crippen molar-refractivity contribution in [2.45, 2.75) is 25.2 Å². The van der Waals surface area contributed by atoms with Crippen LogP contribution in [-0.4, -0.2) is 43.3 Å². The molecule has 6 nitrogen and oxygen atoms in total. The third kappa shape index (κ3) is 4.47. The van der Waals surface area contributed by atoms with Gasteiger partial charge in [0.15, 0.2) is 0 Å². The topological polar surface area (TPSA) is 83.6 Å². The number of imide groups is 1. The second-order valence-corrected chi connectivity index (χ2v) is 7.80. The summed E-state index contributed by atoms with van der Waals surface area (Å²) in [6.45, 7) is -0.182. The van der Waals surface area contributed by atoms with Crippen LogP contribution < -0.4 is 5.32 Å². The Kier molecular flexibility index (Phi) is 4.88. The van der Waals surface area contributed by atoms with Gasteiger partial charge in [0, 0.05) is 6.26 Å². The molecule has 1 aromatic carbocycles. The molecule has 3 amide bonds. The Balaban J connectivity index is 2.04. The zero-order chi connectivity index (χ0) is 18.1. The summed E-state index contributed by atoms with van der Waals surface area (Å²) in [4.78, 5) is 24.8. The van der Waals surface area contributed by atoms with Gasteiger partial charge in [-0.2, -0.15) is 13.2 Å². The van der Waals surface area contributed by atoms with Gasteiger partial charge in [0.25, 0.3) is 5.91 Å². The maximum Gasteiger partial charge on any atom is 0.416 e. The van der Waals surface area contributed by atoms with E-state index in [1.807, 2.05) is 0 Å². The first-order chi connectivity index (χ1) is 11.0. The van der Waals surface area contributed by atoms with E-state index in [-0.39, 0.29) is 18.7 Å². The van der Waals surface area contributed by atoms with Crippen LogP contribution in [0.25, 0.3) is 0 Å². The third-order valence-corrected chi connectivity index (χ3v) is 4.48. The van der Waals surface area contributed by atoms with Crippen LogP contribution >= 0.6 is 0 Å². The van der Waals surface area contributed by atoms with Gasteiger partial charge in [-0.25, -0.2) is 13.2 Å². The molecule has 1 aliphatic heterocycles. The first-order valence-corrected chi connectivity index (χ1v) is 8.99. The molecular formula is C14H15F3N2O4S. The van der Waals surface area contributed by atoms with E-state index < -0.39 is 39.6 Å². The molecule has 10 heteroatoms. The fourth-order valence-corrected chi connectivity index (χ4v) is 2.90. The second-order valence-electron chi connectivity index (χ2n) is 5.54. The van der Waals surface area contributed by atoms with Gasteiger partial charge >= 0.3 is 12.2 Å². The summed E-state index contributed by atoms with van der Waals surface area (Å²) in [6.07, 6.45) is -3.49. The van der Waals surface area contributed by atoms with Crippen molar-refractivity contribution in [3.05, 3.63) is 35.4 Å². The summed E-state index contributed by atoms with van der Waals surface area (Å²) >= 11 is 0. The van der Waals surface area contributed by atoms with Crippen LogP contribution in [0.4, 0.5) is 18.0 Å². The number of urea groups is 1. The maximum absolute atomic E-state index is 12.5. The minimum Gasteiger partial charge on any atom is -0.326 e. The van der Waals surface area contributed by atoms with E-state index in [2.05, 4.69) is 5.32 Å². The number of nitrogens with one attached hydrogen (secondary N) is 1. The fraction of sp³-hybridized carbons (Fsp3) is 0.429. The molecule has 0 unspecified atom stereocenters. The molecule has 2 rings (SSSR count). The van der Waals surface area contributed by atoms with Crippen molar-refractivity contribution in [1.82, 2.24) is 10.2 Å². The van der Waals surface area contributed by atoms with Gasteiger partial charge in [-0.05, 0) is 24.1 Å². The molecule has 0 bridgehead atoms. The molecule has 1 aromatic rings. The van der Waals surface area contributed by atoms with Gasteiger partial charge in [-0.3, -0.25) is 9.69 Å². The van der Waals surface area contributed by atoms with Crippen LogP contribution in [0, 0.1) is 0 Å². The Bertz CT molecular complexity index is 744. The minimum atomic E-state index is -4.46. The molecule has 0 radical (unpaired) electrons. The maximum atomic E-state index is 12.5. The van der Waals surface area contributed by atoms with E-state index in [0.717, 1.165) is 23.3 Å².